The molecule has 41 heavy (non-hydrogen) atoms. The Morgan fingerprint density at radius 1 is 0.927 bits per heavy atom. The Bertz CT molecular complexity index is 913. The second kappa shape index (κ2) is 16.0. The van der Waals surface area contributed by atoms with Crippen LogP contribution >= 0.6 is 0 Å². The molecule has 1 saturated carbocycles. The van der Waals surface area contributed by atoms with E-state index in [0.29, 0.717) is 25.2 Å². The van der Waals surface area contributed by atoms with E-state index in [1.54, 1.807) is 0 Å². The predicted octanol–water partition coefficient (Wildman–Crippen LogP) is 4.04. The average molecular weight is 570 g/mol. The zero-order valence-corrected chi connectivity index (χ0v) is 25.3. The number of anilines is 2. The summed E-state index contributed by atoms with van der Waals surface area (Å²) in [5.74, 6) is 2.09. The first-order valence-electron chi connectivity index (χ1n) is 16.9. The van der Waals surface area contributed by atoms with Crippen LogP contribution < -0.4 is 15.5 Å². The molecule has 0 spiro atoms. The van der Waals surface area contributed by atoms with Gasteiger partial charge < -0.3 is 25.5 Å². The smallest absolute Gasteiger partial charge is 0.225 e. The highest BCUT2D eigenvalue weighted by Gasteiger charge is 2.37. The molecule has 1 amide bonds. The summed E-state index contributed by atoms with van der Waals surface area (Å²) in [5.41, 5.74) is 0. The molecule has 3 saturated heterocycles. The van der Waals surface area contributed by atoms with Crippen molar-refractivity contribution in [3.8, 4) is 0 Å². The lowest BCUT2D eigenvalue weighted by molar-refractivity contribution is -0.137. The van der Waals surface area contributed by atoms with Crippen LogP contribution in [0, 0.1) is 5.92 Å². The molecule has 2 atom stereocenters. The van der Waals surface area contributed by atoms with Gasteiger partial charge in [0.25, 0.3) is 0 Å². The van der Waals surface area contributed by atoms with E-state index in [0.717, 1.165) is 70.2 Å². The van der Waals surface area contributed by atoms with Gasteiger partial charge in [0.05, 0.1) is 6.61 Å². The van der Waals surface area contributed by atoms with Crippen LogP contribution in [0.1, 0.15) is 96.3 Å². The molecule has 3 aliphatic heterocycles. The Kier molecular flexibility index (Phi) is 11.9. The Hall–Kier alpha value is -1.97. The highest BCUT2D eigenvalue weighted by Crippen LogP contribution is 2.32. The van der Waals surface area contributed by atoms with Crippen molar-refractivity contribution >= 4 is 17.7 Å². The van der Waals surface area contributed by atoms with Crippen molar-refractivity contribution in [3.05, 3.63) is 12.3 Å². The van der Waals surface area contributed by atoms with E-state index in [4.69, 9.17) is 4.98 Å². The lowest BCUT2D eigenvalue weighted by Gasteiger charge is -2.47. The molecule has 230 valence electrons. The molecule has 5 rings (SSSR count). The Balaban J connectivity index is 1.30. The molecule has 4 fully saturated rings. The molecule has 9 nitrogen and oxygen atoms in total. The van der Waals surface area contributed by atoms with Gasteiger partial charge in [0, 0.05) is 56.4 Å². The van der Waals surface area contributed by atoms with Crippen LogP contribution in [0.3, 0.4) is 0 Å². The van der Waals surface area contributed by atoms with E-state index in [9.17, 15) is 9.90 Å². The summed E-state index contributed by atoms with van der Waals surface area (Å²) in [5, 5.41) is 17.0. The SMILES string of the molecule is O=C(C1CCNCC1)N(CCO)CC[C@@H]1[C@@H](Nc2nccc(N3CCCCCCC3)n2)CCCN1C1CCCCC1. The van der Waals surface area contributed by atoms with Gasteiger partial charge in [-0.15, -0.1) is 0 Å². The van der Waals surface area contributed by atoms with Crippen LogP contribution in [0.5, 0.6) is 0 Å². The average Bonchev–Trinajstić information content (AvgIpc) is 3.00. The fourth-order valence-corrected chi connectivity index (χ4v) is 7.79. The van der Waals surface area contributed by atoms with E-state index in [1.165, 1.54) is 70.6 Å². The highest BCUT2D eigenvalue weighted by atomic mass is 16.3. The molecule has 1 aliphatic carbocycles. The number of aliphatic hydroxyl groups is 1. The summed E-state index contributed by atoms with van der Waals surface area (Å²) in [6.07, 6.45) is 19.8. The van der Waals surface area contributed by atoms with E-state index in [2.05, 4.69) is 31.5 Å². The molecule has 9 heteroatoms. The molecule has 4 aliphatic rings. The molecule has 1 aromatic heterocycles. The topological polar surface area (TPSA) is 96.9 Å². The number of carbonyl (C=O) groups is 1. The molecule has 1 aromatic rings. The van der Waals surface area contributed by atoms with Crippen molar-refractivity contribution in [1.29, 1.82) is 0 Å². The number of likely N-dealkylation sites (tertiary alicyclic amines) is 1. The number of hydrogen-bond donors (Lipinski definition) is 3. The van der Waals surface area contributed by atoms with Crippen molar-refractivity contribution < 1.29 is 9.90 Å². The summed E-state index contributed by atoms with van der Waals surface area (Å²) >= 11 is 0. The van der Waals surface area contributed by atoms with Crippen molar-refractivity contribution in [2.24, 2.45) is 5.92 Å². The zero-order chi connectivity index (χ0) is 28.3. The first-order chi connectivity index (χ1) is 20.2. The van der Waals surface area contributed by atoms with Crippen molar-refractivity contribution in [2.75, 3.05) is 62.6 Å². The second-order valence-electron chi connectivity index (χ2n) is 12.8. The van der Waals surface area contributed by atoms with Gasteiger partial charge in [-0.1, -0.05) is 38.5 Å². The van der Waals surface area contributed by atoms with Crippen LogP contribution in [0.2, 0.25) is 0 Å². The van der Waals surface area contributed by atoms with Gasteiger partial charge in [-0.3, -0.25) is 9.69 Å². The van der Waals surface area contributed by atoms with E-state index >= 15 is 0 Å². The van der Waals surface area contributed by atoms with Crippen molar-refractivity contribution in [3.63, 3.8) is 0 Å². The summed E-state index contributed by atoms with van der Waals surface area (Å²) in [7, 11) is 0. The minimum Gasteiger partial charge on any atom is -0.395 e. The minimum absolute atomic E-state index is 0.0204. The number of piperidine rings is 2. The van der Waals surface area contributed by atoms with E-state index < -0.39 is 0 Å². The van der Waals surface area contributed by atoms with E-state index in [1.807, 2.05) is 11.1 Å². The molecule has 3 N–H and O–H groups in total. The molecule has 0 aromatic carbocycles. The summed E-state index contributed by atoms with van der Waals surface area (Å²) in [4.78, 5) is 30.4. The normalized spacial score (nSPS) is 25.8. The molecular formula is C32H55N7O2. The number of aliphatic hydroxyl groups excluding tert-OH is 1. The van der Waals surface area contributed by atoms with E-state index in [-0.39, 0.29) is 24.5 Å². The van der Waals surface area contributed by atoms with Gasteiger partial charge in [-0.25, -0.2) is 4.98 Å². The fourth-order valence-electron chi connectivity index (χ4n) is 7.79. The number of carbonyl (C=O) groups excluding carboxylic acids is 1. The number of hydrogen-bond acceptors (Lipinski definition) is 8. The van der Waals surface area contributed by atoms with Gasteiger partial charge in [0.2, 0.25) is 11.9 Å². The van der Waals surface area contributed by atoms with Gasteiger partial charge in [-0.05, 0) is 83.5 Å². The lowest BCUT2D eigenvalue weighted by atomic mass is 9.87. The standard InChI is InChI=1S/C32H55N7O2/c40-25-24-38(31(41)26-13-17-33-18-14-26)23-16-29-28(12-9-22-39(29)27-10-5-4-6-11-27)35-32-34-19-15-30(36-32)37-20-7-2-1-3-8-21-37/h15,19,26-29,33,40H,1-14,16-18,20-25H2,(H,34,35,36)/t28-,29+/m0/s1. The van der Waals surface area contributed by atoms with Crippen LogP contribution in [0.4, 0.5) is 11.8 Å². The molecular weight excluding hydrogens is 514 g/mol. The third kappa shape index (κ3) is 8.54. The maximum Gasteiger partial charge on any atom is 0.225 e. The lowest BCUT2D eigenvalue weighted by Crippen LogP contribution is -2.56. The third-order valence-electron chi connectivity index (χ3n) is 10.1. The summed E-state index contributed by atoms with van der Waals surface area (Å²) in [6, 6.07) is 3.26. The van der Waals surface area contributed by atoms with Gasteiger partial charge >= 0.3 is 0 Å². The number of rotatable bonds is 10. The number of nitrogens with one attached hydrogen (secondary N) is 2. The minimum atomic E-state index is 0.0204. The first kappa shape index (κ1) is 30.5. The summed E-state index contributed by atoms with van der Waals surface area (Å²) < 4.78 is 0. The highest BCUT2D eigenvalue weighted by molar-refractivity contribution is 5.79. The number of aromatic nitrogens is 2. The van der Waals surface area contributed by atoms with Gasteiger partial charge in [-0.2, -0.15) is 4.98 Å². The quantitative estimate of drug-likeness (QED) is 0.389. The molecule has 0 bridgehead atoms. The number of amides is 1. The number of nitrogens with zero attached hydrogens (tertiary/aromatic N) is 5. The summed E-state index contributed by atoms with van der Waals surface area (Å²) in [6.45, 7) is 6.24. The Morgan fingerprint density at radius 2 is 1.66 bits per heavy atom. The molecule has 0 unspecified atom stereocenters. The van der Waals surface area contributed by atoms with Crippen LogP contribution in [-0.4, -0.2) is 101 Å². The van der Waals surface area contributed by atoms with Gasteiger partial charge in [0.15, 0.2) is 0 Å². The van der Waals surface area contributed by atoms with Crippen molar-refractivity contribution in [2.45, 2.75) is 114 Å². The second-order valence-corrected chi connectivity index (χ2v) is 12.8. The van der Waals surface area contributed by atoms with Crippen molar-refractivity contribution in [1.82, 2.24) is 25.1 Å². The van der Waals surface area contributed by atoms with Crippen LogP contribution in [0.15, 0.2) is 12.3 Å². The Labute approximate surface area is 247 Å². The van der Waals surface area contributed by atoms with Gasteiger partial charge in [0.1, 0.15) is 5.82 Å². The largest absolute Gasteiger partial charge is 0.395 e. The first-order valence-corrected chi connectivity index (χ1v) is 16.9. The maximum absolute atomic E-state index is 13.5. The molecule has 0 radical (unpaired) electrons. The third-order valence-corrected chi connectivity index (χ3v) is 10.1. The monoisotopic (exact) mass is 569 g/mol. The maximum atomic E-state index is 13.5. The zero-order valence-electron chi connectivity index (χ0n) is 25.3. The Morgan fingerprint density at radius 3 is 2.41 bits per heavy atom. The van der Waals surface area contributed by atoms with Crippen LogP contribution in [-0.2, 0) is 4.79 Å². The predicted molar refractivity (Wildman–Crippen MR) is 165 cm³/mol. The van der Waals surface area contributed by atoms with Crippen LogP contribution in [0.25, 0.3) is 0 Å². The fraction of sp³-hybridized carbons (Fsp3) is 0.844. The molecule has 4 heterocycles.